The highest BCUT2D eigenvalue weighted by atomic mass is 32.1. The topological polar surface area (TPSA) is 158 Å². The molecule has 11 heteroatoms. The van der Waals surface area contributed by atoms with Crippen molar-refractivity contribution >= 4 is 29.2 Å². The second-order valence-corrected chi connectivity index (χ2v) is 12.5. The maximum atomic E-state index is 13.3. The molecule has 0 radical (unpaired) electrons. The normalized spacial score (nSPS) is 35.1. The van der Waals surface area contributed by atoms with E-state index in [4.69, 9.17) is 15.0 Å². The number of hydrogen-bond donors (Lipinski definition) is 2. The van der Waals surface area contributed by atoms with Gasteiger partial charge in [-0.15, -0.1) is 11.3 Å². The van der Waals surface area contributed by atoms with Gasteiger partial charge in [-0.2, -0.15) is 0 Å². The molecule has 2 aliphatic heterocycles. The van der Waals surface area contributed by atoms with Crippen LogP contribution in [0.25, 0.3) is 16.5 Å². The van der Waals surface area contributed by atoms with Crippen LogP contribution < -0.4 is 0 Å². The number of azide groups is 1. The Balaban J connectivity index is 1.85. The van der Waals surface area contributed by atoms with Gasteiger partial charge in [0.05, 0.1) is 53.0 Å². The molecule has 2 N–H and O–H groups in total. The van der Waals surface area contributed by atoms with Crippen LogP contribution in [-0.4, -0.2) is 57.0 Å². The molecule has 7 atom stereocenters. The minimum Gasteiger partial charge on any atom is -0.458 e. The van der Waals surface area contributed by atoms with Crippen molar-refractivity contribution < 1.29 is 29.3 Å². The van der Waals surface area contributed by atoms with E-state index in [2.05, 4.69) is 15.0 Å². The number of Topliss-reactive ketones (excluding diaryl/α,β-unsaturated/α-hetero) is 1. The number of ether oxygens (including phenoxy) is 2. The van der Waals surface area contributed by atoms with Gasteiger partial charge < -0.3 is 19.7 Å². The average Bonchev–Trinajstić information content (AvgIpc) is 3.27. The summed E-state index contributed by atoms with van der Waals surface area (Å²) in [6.45, 7) is 10.9. The Morgan fingerprint density at radius 1 is 1.32 bits per heavy atom. The van der Waals surface area contributed by atoms with Crippen LogP contribution in [0.1, 0.15) is 84.3 Å². The highest BCUT2D eigenvalue weighted by Crippen LogP contribution is 2.45. The smallest absolute Gasteiger partial charge is 0.309 e. The van der Waals surface area contributed by atoms with Crippen LogP contribution in [0.3, 0.4) is 0 Å². The van der Waals surface area contributed by atoms with Crippen molar-refractivity contribution in [1.82, 2.24) is 4.98 Å². The van der Waals surface area contributed by atoms with Gasteiger partial charge >= 0.3 is 5.97 Å². The molecule has 0 aliphatic carbocycles. The average molecular weight is 549 g/mol. The second-order valence-electron chi connectivity index (χ2n) is 11.5. The first-order chi connectivity index (χ1) is 17.8. The lowest BCUT2D eigenvalue weighted by atomic mass is 9.73. The fraction of sp³-hybridized carbons (Fsp3) is 0.741. The fourth-order valence-corrected chi connectivity index (χ4v) is 5.84. The first kappa shape index (κ1) is 30.2. The van der Waals surface area contributed by atoms with Gasteiger partial charge in [0.25, 0.3) is 0 Å². The number of aliphatic hydroxyl groups excluding tert-OH is 2. The number of fused-ring (bicyclic) bond motifs is 1. The summed E-state index contributed by atoms with van der Waals surface area (Å²) in [6, 6.07) is 0. The molecule has 0 unspecified atom stereocenters. The molecule has 210 valence electrons. The second kappa shape index (κ2) is 12.3. The van der Waals surface area contributed by atoms with Crippen LogP contribution in [0, 0.1) is 17.3 Å². The maximum Gasteiger partial charge on any atom is 0.309 e. The predicted molar refractivity (Wildman–Crippen MR) is 144 cm³/mol. The van der Waals surface area contributed by atoms with Crippen molar-refractivity contribution in [2.75, 3.05) is 0 Å². The molecule has 2 saturated heterocycles. The van der Waals surface area contributed by atoms with E-state index in [9.17, 15) is 19.8 Å². The number of aromatic nitrogens is 1. The third-order valence-electron chi connectivity index (χ3n) is 8.13. The number of aliphatic hydroxyl groups is 2. The molecule has 0 spiro atoms. The number of esters is 1. The van der Waals surface area contributed by atoms with Gasteiger partial charge in [-0.1, -0.05) is 39.2 Å². The van der Waals surface area contributed by atoms with Gasteiger partial charge in [0.2, 0.25) is 0 Å². The van der Waals surface area contributed by atoms with Crippen LogP contribution in [0.15, 0.2) is 16.1 Å². The third-order valence-corrected chi connectivity index (χ3v) is 8.98. The van der Waals surface area contributed by atoms with Crippen molar-refractivity contribution in [3.05, 3.63) is 32.1 Å². The largest absolute Gasteiger partial charge is 0.458 e. The van der Waals surface area contributed by atoms with Gasteiger partial charge in [-0.05, 0) is 49.8 Å². The number of nitrogens with zero attached hydrogens (tertiary/aromatic N) is 4. The molecule has 0 aromatic carbocycles. The molecular formula is C27H40N4O6S. The van der Waals surface area contributed by atoms with Crippen molar-refractivity contribution in [3.8, 4) is 0 Å². The van der Waals surface area contributed by atoms with E-state index in [1.54, 1.807) is 20.8 Å². The van der Waals surface area contributed by atoms with E-state index in [0.29, 0.717) is 17.1 Å². The zero-order valence-corrected chi connectivity index (χ0v) is 23.9. The summed E-state index contributed by atoms with van der Waals surface area (Å²) in [5.74, 6) is -1.68. The molecule has 2 fully saturated rings. The van der Waals surface area contributed by atoms with E-state index >= 15 is 0 Å². The van der Waals surface area contributed by atoms with Crippen LogP contribution in [0.5, 0.6) is 0 Å². The number of carbonyl (C=O) groups excluding carboxylic acids is 2. The molecule has 10 nitrogen and oxygen atoms in total. The van der Waals surface area contributed by atoms with Gasteiger partial charge in [0.1, 0.15) is 11.9 Å². The lowest BCUT2D eigenvalue weighted by Crippen LogP contribution is -2.45. The number of epoxide rings is 1. The summed E-state index contributed by atoms with van der Waals surface area (Å²) in [6.07, 6.45) is 1.48. The number of hydrogen-bond acceptors (Lipinski definition) is 9. The van der Waals surface area contributed by atoms with Crippen LogP contribution >= 0.6 is 11.3 Å². The van der Waals surface area contributed by atoms with Crippen molar-refractivity contribution in [2.24, 2.45) is 22.4 Å². The minimum absolute atomic E-state index is 0.0969. The lowest BCUT2D eigenvalue weighted by molar-refractivity contribution is -0.154. The summed E-state index contributed by atoms with van der Waals surface area (Å²) >= 11 is 1.38. The molecule has 1 aromatic heterocycles. The number of thiazole rings is 1. The molecule has 3 rings (SSSR count). The lowest BCUT2D eigenvalue weighted by Gasteiger charge is -2.34. The molecule has 3 heterocycles. The molecular weight excluding hydrogens is 508 g/mol. The summed E-state index contributed by atoms with van der Waals surface area (Å²) < 4.78 is 11.9. The Morgan fingerprint density at radius 3 is 2.71 bits per heavy atom. The van der Waals surface area contributed by atoms with Crippen LogP contribution in [0.4, 0.5) is 0 Å². The molecule has 1 aromatic rings. The highest BCUT2D eigenvalue weighted by molar-refractivity contribution is 7.09. The van der Waals surface area contributed by atoms with Gasteiger partial charge in [-0.3, -0.25) is 9.59 Å². The van der Waals surface area contributed by atoms with Crippen LogP contribution in [-0.2, 0) is 25.6 Å². The van der Waals surface area contributed by atoms with Crippen molar-refractivity contribution in [2.45, 2.75) is 110 Å². The molecule has 0 bridgehead atoms. The SMILES string of the molecule is C/C(=C\c1csc(CN=[N+]=[N-])n1)[C@@H]1C[C@@H]2O[C@]2(C)CCC[C@H](C)[C@H](O)[C@@H](C)C(=O)C(C)(C)[C@@H](O)CC(=O)O1. The van der Waals surface area contributed by atoms with E-state index in [1.807, 2.05) is 32.2 Å². The molecule has 0 saturated carbocycles. The Labute approximate surface area is 228 Å². The third kappa shape index (κ3) is 7.21. The number of cyclic esters (lactones) is 1. The van der Waals surface area contributed by atoms with E-state index in [1.165, 1.54) is 11.3 Å². The maximum absolute atomic E-state index is 13.3. The summed E-state index contributed by atoms with van der Waals surface area (Å²) in [5.41, 5.74) is 8.39. The Hall–Kier alpha value is -2.30. The van der Waals surface area contributed by atoms with Gasteiger partial charge in [-0.25, -0.2) is 4.98 Å². The van der Waals surface area contributed by atoms with Gasteiger partial charge in [0, 0.05) is 22.6 Å². The summed E-state index contributed by atoms with van der Waals surface area (Å²) in [5, 5.41) is 27.8. The van der Waals surface area contributed by atoms with E-state index in [-0.39, 0.29) is 36.4 Å². The Bertz CT molecular complexity index is 1100. The number of carbonyl (C=O) groups is 2. The number of rotatable bonds is 4. The summed E-state index contributed by atoms with van der Waals surface area (Å²) in [4.78, 5) is 33.5. The number of ketones is 1. The first-order valence-electron chi connectivity index (χ1n) is 13.2. The highest BCUT2D eigenvalue weighted by Gasteiger charge is 2.53. The van der Waals surface area contributed by atoms with Gasteiger partial charge in [0.15, 0.2) is 0 Å². The predicted octanol–water partition coefficient (Wildman–Crippen LogP) is 4.98. The first-order valence-corrected chi connectivity index (χ1v) is 14.1. The monoisotopic (exact) mass is 548 g/mol. The molecule has 2 aliphatic rings. The van der Waals surface area contributed by atoms with E-state index in [0.717, 1.165) is 24.8 Å². The Morgan fingerprint density at radius 2 is 2.03 bits per heavy atom. The quantitative estimate of drug-likeness (QED) is 0.176. The van der Waals surface area contributed by atoms with Crippen LogP contribution in [0.2, 0.25) is 0 Å². The summed E-state index contributed by atoms with van der Waals surface area (Å²) in [7, 11) is 0. The molecule has 38 heavy (non-hydrogen) atoms. The Kier molecular flexibility index (Phi) is 9.76. The van der Waals surface area contributed by atoms with E-state index < -0.39 is 35.6 Å². The zero-order chi connectivity index (χ0) is 28.3. The van der Waals surface area contributed by atoms with Crippen molar-refractivity contribution in [1.29, 1.82) is 0 Å². The zero-order valence-electron chi connectivity index (χ0n) is 23.1. The minimum atomic E-state index is -1.27. The van der Waals surface area contributed by atoms with Crippen molar-refractivity contribution in [3.63, 3.8) is 0 Å². The molecule has 0 amide bonds. The fourth-order valence-electron chi connectivity index (χ4n) is 5.18. The standard InChI is InChI=1S/C27H40N4O6S/c1-15-8-7-9-27(6)21(37-27)11-19(16(2)10-18-14-38-22(30-18)13-29-31-28)36-23(33)12-20(32)26(4,5)25(35)17(3)24(15)34/h10,14-15,17,19-21,24,32,34H,7-9,11-13H2,1-6H3/b16-10+/t15-,17+,19-,20-,21-,24-,27+/m0/s1.